The van der Waals surface area contributed by atoms with Crippen LogP contribution in [0.1, 0.15) is 77.1 Å². The van der Waals surface area contributed by atoms with E-state index in [2.05, 4.69) is 48.1 Å². The number of benzene rings is 1. The molecule has 1 aromatic carbocycles. The predicted molar refractivity (Wildman–Crippen MR) is 149 cm³/mol. The molecule has 206 valence electrons. The third kappa shape index (κ3) is 5.31. The Morgan fingerprint density at radius 2 is 1.82 bits per heavy atom. The van der Waals surface area contributed by atoms with E-state index in [-0.39, 0.29) is 47.1 Å². The molecule has 4 atom stereocenters. The third-order valence-corrected chi connectivity index (χ3v) is 8.02. The van der Waals surface area contributed by atoms with Gasteiger partial charge in [-0.25, -0.2) is 9.97 Å². The Kier molecular flexibility index (Phi) is 6.59. The SMILES string of the molecule is CC(=O)c1nn(CC(=O)N2[C@H](C(=O)NC(C)CC(C)(C)C)C[C@@]3(C)C[C@@H]23)c2ccc(-c3cnc(C)nc3)cc12. The third-order valence-electron chi connectivity index (χ3n) is 8.02. The highest BCUT2D eigenvalue weighted by Gasteiger charge is 2.64. The number of Topliss-reactive ketones (excluding diaryl/α,β-unsaturated/α-hetero) is 1. The summed E-state index contributed by atoms with van der Waals surface area (Å²) in [6.45, 7) is 13.9. The standard InChI is InChI=1S/C30H38N6O3/c1-17(11-29(4,5)6)33-28(39)24-12-30(7)13-25(30)36(24)26(38)16-35-23-9-8-20(21-14-31-19(3)32-15-21)10-22(23)27(34-35)18(2)37/h8-10,14-15,17,24-25H,11-13,16H2,1-7H3,(H,33,39)/t17?,24-,25+,30-/m0/s1. The summed E-state index contributed by atoms with van der Waals surface area (Å²) in [5, 5.41) is 8.38. The van der Waals surface area contributed by atoms with Gasteiger partial charge in [0.1, 0.15) is 24.1 Å². The molecule has 0 bridgehead atoms. The quantitative estimate of drug-likeness (QED) is 0.456. The van der Waals surface area contributed by atoms with Crippen molar-refractivity contribution in [1.82, 2.24) is 30.0 Å². The number of aromatic nitrogens is 4. The van der Waals surface area contributed by atoms with Gasteiger partial charge in [-0.1, -0.05) is 33.8 Å². The fourth-order valence-corrected chi connectivity index (χ4v) is 6.16. The number of fused-ring (bicyclic) bond motifs is 2. The van der Waals surface area contributed by atoms with E-state index in [0.29, 0.717) is 28.8 Å². The summed E-state index contributed by atoms with van der Waals surface area (Å²) in [7, 11) is 0. The van der Waals surface area contributed by atoms with Gasteiger partial charge in [-0.15, -0.1) is 0 Å². The molecule has 1 aliphatic carbocycles. The van der Waals surface area contributed by atoms with E-state index < -0.39 is 6.04 Å². The van der Waals surface area contributed by atoms with E-state index in [0.717, 1.165) is 24.0 Å². The van der Waals surface area contributed by atoms with Gasteiger partial charge in [0, 0.05) is 42.4 Å². The van der Waals surface area contributed by atoms with E-state index in [1.807, 2.05) is 32.0 Å². The average Bonchev–Trinajstić information content (AvgIpc) is 3.21. The zero-order chi connectivity index (χ0) is 28.3. The van der Waals surface area contributed by atoms with Crippen LogP contribution in [0.2, 0.25) is 0 Å². The molecule has 2 aliphatic rings. The van der Waals surface area contributed by atoms with E-state index in [9.17, 15) is 14.4 Å². The van der Waals surface area contributed by atoms with Gasteiger partial charge in [-0.3, -0.25) is 19.1 Å². The van der Waals surface area contributed by atoms with Crippen LogP contribution in [0.25, 0.3) is 22.0 Å². The van der Waals surface area contributed by atoms with E-state index in [1.54, 1.807) is 22.0 Å². The number of piperidine rings is 1. The Morgan fingerprint density at radius 3 is 2.46 bits per heavy atom. The van der Waals surface area contributed by atoms with E-state index >= 15 is 0 Å². The van der Waals surface area contributed by atoms with E-state index in [4.69, 9.17) is 0 Å². The van der Waals surface area contributed by atoms with Gasteiger partial charge in [0.05, 0.1) is 5.52 Å². The Labute approximate surface area is 229 Å². The van der Waals surface area contributed by atoms with Crippen molar-refractivity contribution < 1.29 is 14.4 Å². The minimum absolute atomic E-state index is 0.0143. The van der Waals surface area contributed by atoms with Crippen LogP contribution in [0, 0.1) is 17.8 Å². The minimum atomic E-state index is -0.495. The molecule has 9 heteroatoms. The average molecular weight is 531 g/mol. The number of aryl methyl sites for hydroxylation is 1. The van der Waals surface area contributed by atoms with Gasteiger partial charge < -0.3 is 10.2 Å². The summed E-state index contributed by atoms with van der Waals surface area (Å²) in [4.78, 5) is 49.9. The zero-order valence-electron chi connectivity index (χ0n) is 23.9. The maximum absolute atomic E-state index is 13.8. The number of amides is 2. The van der Waals surface area contributed by atoms with Crippen molar-refractivity contribution in [2.75, 3.05) is 0 Å². The van der Waals surface area contributed by atoms with Crippen molar-refractivity contribution >= 4 is 28.5 Å². The van der Waals surface area contributed by atoms with Gasteiger partial charge in [0.15, 0.2) is 5.78 Å². The number of hydrogen-bond donors (Lipinski definition) is 1. The van der Waals surface area contributed by atoms with Crippen LogP contribution in [0.3, 0.4) is 0 Å². The van der Waals surface area contributed by atoms with Gasteiger partial charge in [0.25, 0.3) is 0 Å². The molecule has 3 aromatic rings. The summed E-state index contributed by atoms with van der Waals surface area (Å²) in [5.41, 5.74) is 2.78. The van der Waals surface area contributed by atoms with Crippen LogP contribution in [0.15, 0.2) is 30.6 Å². The summed E-state index contributed by atoms with van der Waals surface area (Å²) >= 11 is 0. The van der Waals surface area contributed by atoms with Crippen LogP contribution in [0.5, 0.6) is 0 Å². The molecule has 1 unspecified atom stereocenters. The molecule has 2 aromatic heterocycles. The Balaban J connectivity index is 1.40. The minimum Gasteiger partial charge on any atom is -0.352 e. The summed E-state index contributed by atoms with van der Waals surface area (Å²) in [6, 6.07) is 5.27. The number of rotatable bonds is 7. The predicted octanol–water partition coefficient (Wildman–Crippen LogP) is 4.32. The van der Waals surface area contributed by atoms with Crippen LogP contribution >= 0.6 is 0 Å². The molecule has 2 amide bonds. The molecular weight excluding hydrogens is 492 g/mol. The lowest BCUT2D eigenvalue weighted by atomic mass is 9.88. The molecule has 1 N–H and O–H groups in total. The van der Waals surface area contributed by atoms with Crippen molar-refractivity contribution in [3.05, 3.63) is 42.1 Å². The normalized spacial score (nSPS) is 23.0. The zero-order valence-corrected chi connectivity index (χ0v) is 23.9. The first-order valence-electron chi connectivity index (χ1n) is 13.7. The molecule has 2 fully saturated rings. The summed E-state index contributed by atoms with van der Waals surface area (Å²) in [5.74, 6) is 0.262. The Hall–Kier alpha value is -3.62. The number of hydrogen-bond acceptors (Lipinski definition) is 6. The molecule has 3 heterocycles. The van der Waals surface area contributed by atoms with Crippen LogP contribution in [0.4, 0.5) is 0 Å². The fraction of sp³-hybridized carbons (Fsp3) is 0.533. The molecule has 39 heavy (non-hydrogen) atoms. The van der Waals surface area contributed by atoms with Crippen LogP contribution in [-0.2, 0) is 16.1 Å². The number of likely N-dealkylation sites (tertiary alicyclic amines) is 1. The van der Waals surface area contributed by atoms with Gasteiger partial charge in [-0.05, 0) is 61.6 Å². The van der Waals surface area contributed by atoms with Crippen molar-refractivity contribution in [2.24, 2.45) is 10.8 Å². The lowest BCUT2D eigenvalue weighted by molar-refractivity contribution is -0.140. The lowest BCUT2D eigenvalue weighted by Crippen LogP contribution is -2.51. The molecule has 0 radical (unpaired) electrons. The number of nitrogens with zero attached hydrogens (tertiary/aromatic N) is 5. The number of nitrogens with one attached hydrogen (secondary N) is 1. The topological polar surface area (TPSA) is 110 Å². The smallest absolute Gasteiger partial charge is 0.245 e. The summed E-state index contributed by atoms with van der Waals surface area (Å²) in [6.07, 6.45) is 5.92. The Morgan fingerprint density at radius 1 is 1.13 bits per heavy atom. The maximum atomic E-state index is 13.8. The first-order chi connectivity index (χ1) is 18.3. The van der Waals surface area contributed by atoms with Crippen molar-refractivity contribution in [1.29, 1.82) is 0 Å². The fourth-order valence-electron chi connectivity index (χ4n) is 6.16. The second kappa shape index (κ2) is 9.54. The van der Waals surface area contributed by atoms with Crippen LogP contribution < -0.4 is 5.32 Å². The molecular formula is C30H38N6O3. The first kappa shape index (κ1) is 27.0. The second-order valence-corrected chi connectivity index (χ2v) is 12.9. The largest absolute Gasteiger partial charge is 0.352 e. The lowest BCUT2D eigenvalue weighted by Gasteiger charge is -2.30. The highest BCUT2D eigenvalue weighted by Crippen LogP contribution is 2.59. The van der Waals surface area contributed by atoms with Gasteiger partial charge in [0.2, 0.25) is 11.8 Å². The van der Waals surface area contributed by atoms with Gasteiger partial charge >= 0.3 is 0 Å². The highest BCUT2D eigenvalue weighted by molar-refractivity contribution is 6.06. The monoisotopic (exact) mass is 530 g/mol. The molecule has 1 saturated heterocycles. The highest BCUT2D eigenvalue weighted by atomic mass is 16.2. The van der Waals surface area contributed by atoms with Gasteiger partial charge in [-0.2, -0.15) is 5.10 Å². The first-order valence-corrected chi connectivity index (χ1v) is 13.7. The molecule has 5 rings (SSSR count). The molecule has 9 nitrogen and oxygen atoms in total. The van der Waals surface area contributed by atoms with Crippen molar-refractivity contribution in [2.45, 2.75) is 92.4 Å². The van der Waals surface area contributed by atoms with E-state index in [1.165, 1.54) is 6.92 Å². The number of ketones is 1. The second-order valence-electron chi connectivity index (χ2n) is 12.9. The summed E-state index contributed by atoms with van der Waals surface area (Å²) < 4.78 is 1.60. The van der Waals surface area contributed by atoms with Crippen molar-refractivity contribution in [3.63, 3.8) is 0 Å². The van der Waals surface area contributed by atoms with Crippen LogP contribution in [-0.4, -0.2) is 60.4 Å². The maximum Gasteiger partial charge on any atom is 0.245 e. The molecule has 0 spiro atoms. The molecule has 1 saturated carbocycles. The number of carbonyl (C=O) groups is 3. The number of carbonyl (C=O) groups excluding carboxylic acids is 3. The molecule has 1 aliphatic heterocycles. The Bertz CT molecular complexity index is 1450. The van der Waals surface area contributed by atoms with Crippen molar-refractivity contribution in [3.8, 4) is 11.1 Å².